The minimum absolute atomic E-state index is 0.0791. The SMILES string of the molecule is O=C(O)CCNC(=O)c1ccc(NC(=O)c2cc3c(s2)CCCC3)cc1. The van der Waals surface area contributed by atoms with E-state index in [0.717, 1.165) is 12.8 Å². The summed E-state index contributed by atoms with van der Waals surface area (Å²) in [5.74, 6) is -1.43. The number of hydrogen-bond acceptors (Lipinski definition) is 4. The zero-order valence-corrected chi connectivity index (χ0v) is 15.0. The lowest BCUT2D eigenvalue weighted by atomic mass is 9.99. The Morgan fingerprint density at radius 1 is 1.04 bits per heavy atom. The summed E-state index contributed by atoms with van der Waals surface area (Å²) in [4.78, 5) is 36.8. The monoisotopic (exact) mass is 372 g/mol. The second kappa shape index (κ2) is 8.14. The number of fused-ring (bicyclic) bond motifs is 1. The van der Waals surface area contributed by atoms with Gasteiger partial charge in [-0.25, -0.2) is 0 Å². The molecule has 136 valence electrons. The Hall–Kier alpha value is -2.67. The molecular weight excluding hydrogens is 352 g/mol. The molecule has 0 radical (unpaired) electrons. The van der Waals surface area contributed by atoms with Gasteiger partial charge in [0.25, 0.3) is 11.8 Å². The molecule has 0 spiro atoms. The van der Waals surface area contributed by atoms with E-state index in [0.29, 0.717) is 16.1 Å². The zero-order valence-electron chi connectivity index (χ0n) is 14.2. The first-order valence-electron chi connectivity index (χ1n) is 8.56. The number of aryl methyl sites for hydroxylation is 2. The average molecular weight is 372 g/mol. The van der Waals surface area contributed by atoms with E-state index in [4.69, 9.17) is 5.11 Å². The van der Waals surface area contributed by atoms with E-state index in [1.165, 1.54) is 23.3 Å². The molecule has 1 aliphatic carbocycles. The van der Waals surface area contributed by atoms with E-state index in [1.54, 1.807) is 35.6 Å². The van der Waals surface area contributed by atoms with Crippen LogP contribution in [0.2, 0.25) is 0 Å². The molecule has 0 fully saturated rings. The molecule has 1 aromatic heterocycles. The summed E-state index contributed by atoms with van der Waals surface area (Å²) in [6.07, 6.45) is 4.35. The summed E-state index contributed by atoms with van der Waals surface area (Å²) in [6, 6.07) is 8.52. The summed E-state index contributed by atoms with van der Waals surface area (Å²) in [5.41, 5.74) is 2.32. The average Bonchev–Trinajstić information content (AvgIpc) is 3.06. The van der Waals surface area contributed by atoms with Gasteiger partial charge in [-0.2, -0.15) is 0 Å². The second-order valence-electron chi connectivity index (χ2n) is 6.20. The molecule has 0 saturated carbocycles. The summed E-state index contributed by atoms with van der Waals surface area (Å²) in [7, 11) is 0. The van der Waals surface area contributed by atoms with Crippen molar-refractivity contribution in [1.29, 1.82) is 0 Å². The standard InChI is InChI=1S/C19H20N2O4S/c22-17(23)9-10-20-18(24)12-5-7-14(8-6-12)21-19(25)16-11-13-3-1-2-4-15(13)26-16/h5-8,11H,1-4,9-10H2,(H,20,24)(H,21,25)(H,22,23). The minimum atomic E-state index is -0.960. The van der Waals surface area contributed by atoms with Gasteiger partial charge in [0.05, 0.1) is 11.3 Å². The van der Waals surface area contributed by atoms with Crippen molar-refractivity contribution < 1.29 is 19.5 Å². The van der Waals surface area contributed by atoms with Crippen LogP contribution in [-0.4, -0.2) is 29.4 Å². The number of amides is 2. The van der Waals surface area contributed by atoms with Crippen LogP contribution in [0.25, 0.3) is 0 Å². The summed E-state index contributed by atoms with van der Waals surface area (Å²) < 4.78 is 0. The number of thiophene rings is 1. The smallest absolute Gasteiger partial charge is 0.305 e. The fourth-order valence-corrected chi connectivity index (χ4v) is 4.03. The van der Waals surface area contributed by atoms with Gasteiger partial charge in [0.2, 0.25) is 0 Å². The molecule has 1 aliphatic rings. The molecule has 6 nitrogen and oxygen atoms in total. The fraction of sp³-hybridized carbons (Fsp3) is 0.316. The molecule has 0 bridgehead atoms. The topological polar surface area (TPSA) is 95.5 Å². The Labute approximate surface area is 155 Å². The van der Waals surface area contributed by atoms with Gasteiger partial charge in [0, 0.05) is 22.7 Å². The van der Waals surface area contributed by atoms with Crippen LogP contribution in [0.5, 0.6) is 0 Å². The highest BCUT2D eigenvalue weighted by molar-refractivity contribution is 7.14. The molecule has 0 atom stereocenters. The number of hydrogen-bond donors (Lipinski definition) is 3. The maximum atomic E-state index is 12.4. The van der Waals surface area contributed by atoms with Crippen molar-refractivity contribution in [3.63, 3.8) is 0 Å². The van der Waals surface area contributed by atoms with Crippen molar-refractivity contribution in [1.82, 2.24) is 5.32 Å². The van der Waals surface area contributed by atoms with E-state index in [1.807, 2.05) is 6.07 Å². The first-order chi connectivity index (χ1) is 12.5. The van der Waals surface area contributed by atoms with E-state index in [2.05, 4.69) is 10.6 Å². The largest absolute Gasteiger partial charge is 0.481 e. The van der Waals surface area contributed by atoms with Crippen LogP contribution < -0.4 is 10.6 Å². The number of carbonyl (C=O) groups is 3. The van der Waals surface area contributed by atoms with Gasteiger partial charge in [-0.3, -0.25) is 14.4 Å². The molecule has 1 aromatic carbocycles. The van der Waals surface area contributed by atoms with Crippen molar-refractivity contribution >= 4 is 34.8 Å². The Morgan fingerprint density at radius 2 is 1.77 bits per heavy atom. The highest BCUT2D eigenvalue weighted by atomic mass is 32.1. The Kier molecular flexibility index (Phi) is 5.68. The zero-order chi connectivity index (χ0) is 18.5. The van der Waals surface area contributed by atoms with Crippen molar-refractivity contribution in [2.24, 2.45) is 0 Å². The van der Waals surface area contributed by atoms with Gasteiger partial charge in [0.15, 0.2) is 0 Å². The third-order valence-corrected chi connectivity index (χ3v) is 5.49. The molecule has 0 saturated heterocycles. The Bertz CT molecular complexity index is 803. The molecule has 1 heterocycles. The van der Waals surface area contributed by atoms with Crippen LogP contribution in [0.4, 0.5) is 5.69 Å². The second-order valence-corrected chi connectivity index (χ2v) is 7.33. The van der Waals surface area contributed by atoms with Crippen LogP contribution in [-0.2, 0) is 17.6 Å². The lowest BCUT2D eigenvalue weighted by Crippen LogP contribution is -2.25. The molecule has 7 heteroatoms. The van der Waals surface area contributed by atoms with Crippen molar-refractivity contribution in [3.05, 3.63) is 51.2 Å². The maximum absolute atomic E-state index is 12.4. The number of nitrogens with one attached hydrogen (secondary N) is 2. The van der Waals surface area contributed by atoms with E-state index in [-0.39, 0.29) is 24.8 Å². The third-order valence-electron chi connectivity index (χ3n) is 4.25. The lowest BCUT2D eigenvalue weighted by molar-refractivity contribution is -0.136. The van der Waals surface area contributed by atoms with Crippen molar-refractivity contribution in [2.45, 2.75) is 32.1 Å². The summed E-state index contributed by atoms with van der Waals surface area (Å²) >= 11 is 1.56. The van der Waals surface area contributed by atoms with E-state index >= 15 is 0 Å². The number of benzene rings is 1. The molecule has 0 aliphatic heterocycles. The number of carboxylic acids is 1. The molecular formula is C19H20N2O4S. The lowest BCUT2D eigenvalue weighted by Gasteiger charge is -2.08. The Balaban J connectivity index is 1.58. The number of rotatable bonds is 6. The predicted octanol–water partition coefficient (Wildman–Crippen LogP) is 3.08. The number of carbonyl (C=O) groups excluding carboxylic acids is 2. The summed E-state index contributed by atoms with van der Waals surface area (Å²) in [6.45, 7) is 0.0791. The molecule has 2 aromatic rings. The molecule has 0 unspecified atom stereocenters. The van der Waals surface area contributed by atoms with Crippen LogP contribution in [0, 0.1) is 0 Å². The van der Waals surface area contributed by atoms with Gasteiger partial charge in [-0.05, 0) is 61.6 Å². The highest BCUT2D eigenvalue weighted by Gasteiger charge is 2.17. The normalized spacial score (nSPS) is 12.9. The van der Waals surface area contributed by atoms with Gasteiger partial charge in [-0.1, -0.05) is 0 Å². The van der Waals surface area contributed by atoms with Crippen LogP contribution in [0.15, 0.2) is 30.3 Å². The van der Waals surface area contributed by atoms with Gasteiger partial charge >= 0.3 is 5.97 Å². The van der Waals surface area contributed by atoms with Gasteiger partial charge in [0.1, 0.15) is 0 Å². The number of aliphatic carboxylic acids is 1. The minimum Gasteiger partial charge on any atom is -0.481 e. The highest BCUT2D eigenvalue weighted by Crippen LogP contribution is 2.30. The van der Waals surface area contributed by atoms with Crippen LogP contribution in [0.1, 0.15) is 49.7 Å². The van der Waals surface area contributed by atoms with Crippen LogP contribution >= 0.6 is 11.3 Å². The summed E-state index contributed by atoms with van der Waals surface area (Å²) in [5, 5.41) is 14.0. The maximum Gasteiger partial charge on any atom is 0.305 e. The van der Waals surface area contributed by atoms with E-state index < -0.39 is 5.97 Å². The first kappa shape index (κ1) is 18.1. The predicted molar refractivity (Wildman–Crippen MR) is 99.9 cm³/mol. The van der Waals surface area contributed by atoms with E-state index in [9.17, 15) is 14.4 Å². The van der Waals surface area contributed by atoms with Gasteiger partial charge < -0.3 is 15.7 Å². The molecule has 26 heavy (non-hydrogen) atoms. The quantitative estimate of drug-likeness (QED) is 0.726. The molecule has 2 amide bonds. The third kappa shape index (κ3) is 4.49. The van der Waals surface area contributed by atoms with Gasteiger partial charge in [-0.15, -0.1) is 11.3 Å². The van der Waals surface area contributed by atoms with Crippen LogP contribution in [0.3, 0.4) is 0 Å². The molecule has 3 rings (SSSR count). The number of anilines is 1. The first-order valence-corrected chi connectivity index (χ1v) is 9.37. The Morgan fingerprint density at radius 3 is 2.46 bits per heavy atom. The molecule has 3 N–H and O–H groups in total. The van der Waals surface area contributed by atoms with Crippen molar-refractivity contribution in [2.75, 3.05) is 11.9 Å². The number of carboxylic acid groups (broad SMARTS) is 1. The fourth-order valence-electron chi connectivity index (χ4n) is 2.89. The van der Waals surface area contributed by atoms with Crippen molar-refractivity contribution in [3.8, 4) is 0 Å².